The van der Waals surface area contributed by atoms with Gasteiger partial charge in [0.25, 0.3) is 0 Å². The predicted molar refractivity (Wildman–Crippen MR) is 42.6 cm³/mol. The lowest BCUT2D eigenvalue weighted by atomic mass is 9.78. The summed E-state index contributed by atoms with van der Waals surface area (Å²) in [5.74, 6) is -1.24. The fourth-order valence-corrected chi connectivity index (χ4v) is 0.938. The fourth-order valence-electron chi connectivity index (χ4n) is 0.938. The first kappa shape index (κ1) is 9.03. The molecule has 0 radical (unpaired) electrons. The van der Waals surface area contributed by atoms with Crippen molar-refractivity contribution >= 4 is 12.6 Å². The monoisotopic (exact) mass is 170 g/mol. The van der Waals surface area contributed by atoms with Crippen molar-refractivity contribution in [3.8, 4) is 5.75 Å². The lowest BCUT2D eigenvalue weighted by molar-refractivity contribution is 0.414. The van der Waals surface area contributed by atoms with Crippen LogP contribution in [0.5, 0.6) is 5.75 Å². The number of phenols is 1. The third kappa shape index (κ3) is 1.42. The molecule has 0 fully saturated rings. The summed E-state index contributed by atoms with van der Waals surface area (Å²) in [5, 5.41) is 26.5. The van der Waals surface area contributed by atoms with Gasteiger partial charge >= 0.3 is 7.12 Å². The van der Waals surface area contributed by atoms with Crippen molar-refractivity contribution in [2.24, 2.45) is 0 Å². The van der Waals surface area contributed by atoms with E-state index in [2.05, 4.69) is 0 Å². The SMILES string of the molecule is Cc1ccc(F)c(B(O)O)c1O. The summed E-state index contributed by atoms with van der Waals surface area (Å²) < 4.78 is 12.8. The lowest BCUT2D eigenvalue weighted by Crippen LogP contribution is -2.33. The Bertz CT molecular complexity index is 301. The number of hydrogen-bond donors (Lipinski definition) is 3. The van der Waals surface area contributed by atoms with Crippen molar-refractivity contribution in [3.05, 3.63) is 23.5 Å². The van der Waals surface area contributed by atoms with E-state index in [0.29, 0.717) is 5.56 Å². The fraction of sp³-hybridized carbons (Fsp3) is 0.143. The van der Waals surface area contributed by atoms with Crippen LogP contribution in [0.1, 0.15) is 5.56 Å². The average Bonchev–Trinajstić information content (AvgIpc) is 1.97. The van der Waals surface area contributed by atoms with E-state index in [1.165, 1.54) is 6.07 Å². The molecule has 0 bridgehead atoms. The van der Waals surface area contributed by atoms with Crippen LogP contribution in [-0.2, 0) is 0 Å². The maximum absolute atomic E-state index is 12.8. The van der Waals surface area contributed by atoms with E-state index in [-0.39, 0.29) is 0 Å². The molecule has 0 aliphatic rings. The van der Waals surface area contributed by atoms with Gasteiger partial charge in [-0.25, -0.2) is 4.39 Å². The molecule has 0 amide bonds. The molecule has 0 spiro atoms. The number of aryl methyl sites for hydroxylation is 1. The first-order valence-electron chi connectivity index (χ1n) is 3.38. The average molecular weight is 170 g/mol. The van der Waals surface area contributed by atoms with Crippen molar-refractivity contribution in [1.29, 1.82) is 0 Å². The van der Waals surface area contributed by atoms with Gasteiger partial charge in [0.15, 0.2) is 0 Å². The summed E-state index contributed by atoms with van der Waals surface area (Å²) in [7, 11) is -1.98. The molecular formula is C7H8BFO3. The minimum atomic E-state index is -1.98. The van der Waals surface area contributed by atoms with E-state index in [9.17, 15) is 9.50 Å². The second-order valence-corrected chi connectivity index (χ2v) is 2.50. The molecule has 3 nitrogen and oxygen atoms in total. The van der Waals surface area contributed by atoms with Gasteiger partial charge in [-0.05, 0) is 18.6 Å². The molecule has 12 heavy (non-hydrogen) atoms. The largest absolute Gasteiger partial charge is 0.508 e. The van der Waals surface area contributed by atoms with Gasteiger partial charge in [0.2, 0.25) is 0 Å². The maximum Gasteiger partial charge on any atom is 0.495 e. The van der Waals surface area contributed by atoms with Gasteiger partial charge in [-0.15, -0.1) is 0 Å². The van der Waals surface area contributed by atoms with Gasteiger partial charge in [-0.2, -0.15) is 0 Å². The highest BCUT2D eigenvalue weighted by atomic mass is 19.1. The first-order valence-corrected chi connectivity index (χ1v) is 3.38. The Morgan fingerprint density at radius 2 is 1.92 bits per heavy atom. The van der Waals surface area contributed by atoms with Crippen molar-refractivity contribution in [2.45, 2.75) is 6.92 Å². The number of aromatic hydroxyl groups is 1. The molecule has 3 N–H and O–H groups in total. The van der Waals surface area contributed by atoms with E-state index in [1.54, 1.807) is 6.92 Å². The van der Waals surface area contributed by atoms with E-state index >= 15 is 0 Å². The number of rotatable bonds is 1. The second kappa shape index (κ2) is 3.12. The Kier molecular flexibility index (Phi) is 2.35. The zero-order chi connectivity index (χ0) is 9.30. The summed E-state index contributed by atoms with van der Waals surface area (Å²) >= 11 is 0. The first-order chi connectivity index (χ1) is 5.54. The molecule has 0 heterocycles. The molecule has 0 saturated heterocycles. The van der Waals surface area contributed by atoms with Crippen LogP contribution >= 0.6 is 0 Å². The molecule has 0 unspecified atom stereocenters. The van der Waals surface area contributed by atoms with Crippen LogP contribution in [0.3, 0.4) is 0 Å². The highest BCUT2D eigenvalue weighted by Crippen LogP contribution is 2.14. The van der Waals surface area contributed by atoms with E-state index < -0.39 is 24.1 Å². The Hall–Kier alpha value is -1.07. The van der Waals surface area contributed by atoms with Crippen molar-refractivity contribution in [2.75, 3.05) is 0 Å². The molecule has 0 aliphatic carbocycles. The molecule has 0 atom stereocenters. The molecule has 64 valence electrons. The number of benzene rings is 1. The van der Waals surface area contributed by atoms with Gasteiger partial charge in [0.1, 0.15) is 11.6 Å². The predicted octanol–water partition coefficient (Wildman–Crippen LogP) is -0.480. The Labute approximate surface area is 69.2 Å². The Balaban J connectivity index is 3.33. The van der Waals surface area contributed by atoms with Crippen molar-refractivity contribution in [3.63, 3.8) is 0 Å². The standard InChI is InChI=1S/C7H8BFO3/c1-4-2-3-5(9)6(7(4)10)8(11)12/h2-3,10-12H,1H3. The summed E-state index contributed by atoms with van der Waals surface area (Å²) in [5.41, 5.74) is -0.0745. The third-order valence-electron chi connectivity index (χ3n) is 1.62. The molecule has 1 rings (SSSR count). The third-order valence-corrected chi connectivity index (χ3v) is 1.62. The normalized spacial score (nSPS) is 10.0. The van der Waals surface area contributed by atoms with Crippen LogP contribution in [0.25, 0.3) is 0 Å². The molecule has 0 saturated carbocycles. The van der Waals surface area contributed by atoms with E-state index in [4.69, 9.17) is 10.0 Å². The van der Waals surface area contributed by atoms with Gasteiger partial charge < -0.3 is 15.2 Å². The number of phenolic OH excluding ortho intramolecular Hbond substituents is 1. The summed E-state index contributed by atoms with van der Waals surface area (Å²) in [6.07, 6.45) is 0. The van der Waals surface area contributed by atoms with Crippen LogP contribution in [-0.4, -0.2) is 22.3 Å². The highest BCUT2D eigenvalue weighted by molar-refractivity contribution is 6.59. The molecule has 0 aliphatic heterocycles. The Morgan fingerprint density at radius 1 is 1.33 bits per heavy atom. The Morgan fingerprint density at radius 3 is 2.33 bits per heavy atom. The summed E-state index contributed by atoms with van der Waals surface area (Å²) in [4.78, 5) is 0. The van der Waals surface area contributed by atoms with Gasteiger partial charge in [-0.3, -0.25) is 0 Å². The zero-order valence-electron chi connectivity index (χ0n) is 6.45. The van der Waals surface area contributed by atoms with Crippen molar-refractivity contribution < 1.29 is 19.5 Å². The zero-order valence-corrected chi connectivity index (χ0v) is 6.45. The van der Waals surface area contributed by atoms with Crippen LogP contribution in [0.15, 0.2) is 12.1 Å². The molecule has 1 aromatic carbocycles. The number of hydrogen-bond acceptors (Lipinski definition) is 3. The maximum atomic E-state index is 12.8. The minimum absolute atomic E-state index is 0.402. The molecule has 1 aromatic rings. The molecule has 0 aromatic heterocycles. The molecule has 5 heteroatoms. The minimum Gasteiger partial charge on any atom is -0.508 e. The van der Waals surface area contributed by atoms with E-state index in [1.807, 2.05) is 0 Å². The summed E-state index contributed by atoms with van der Waals surface area (Å²) in [6, 6.07) is 2.43. The van der Waals surface area contributed by atoms with Gasteiger partial charge in [-0.1, -0.05) is 6.07 Å². The smallest absolute Gasteiger partial charge is 0.495 e. The second-order valence-electron chi connectivity index (χ2n) is 2.50. The lowest BCUT2D eigenvalue weighted by Gasteiger charge is -2.06. The van der Waals surface area contributed by atoms with Gasteiger partial charge in [0, 0.05) is 0 Å². The van der Waals surface area contributed by atoms with E-state index in [0.717, 1.165) is 6.07 Å². The van der Waals surface area contributed by atoms with Crippen molar-refractivity contribution in [1.82, 2.24) is 0 Å². The van der Waals surface area contributed by atoms with Crippen LogP contribution in [0.2, 0.25) is 0 Å². The summed E-state index contributed by atoms with van der Waals surface area (Å²) in [6.45, 7) is 1.54. The highest BCUT2D eigenvalue weighted by Gasteiger charge is 2.21. The van der Waals surface area contributed by atoms with Crippen LogP contribution < -0.4 is 5.46 Å². The van der Waals surface area contributed by atoms with Gasteiger partial charge in [0.05, 0.1) is 5.46 Å². The van der Waals surface area contributed by atoms with Crippen LogP contribution in [0, 0.1) is 12.7 Å². The molecular weight excluding hydrogens is 162 g/mol. The quantitative estimate of drug-likeness (QED) is 0.498. The van der Waals surface area contributed by atoms with Crippen LogP contribution in [0.4, 0.5) is 4.39 Å². The topological polar surface area (TPSA) is 60.7 Å². The number of halogens is 1.